The fourth-order valence-electron chi connectivity index (χ4n) is 3.95. The Morgan fingerprint density at radius 1 is 1.04 bits per heavy atom. The first kappa shape index (κ1) is 22.0. The molecule has 1 rings (SSSR count). The molecule has 4 heteroatoms. The summed E-state index contributed by atoms with van der Waals surface area (Å²) in [6, 6.07) is 0. The molecule has 0 fully saturated rings. The molecule has 0 saturated heterocycles. The molecule has 0 N–H and O–H groups in total. The summed E-state index contributed by atoms with van der Waals surface area (Å²) in [5, 5.41) is 0. The van der Waals surface area contributed by atoms with Crippen LogP contribution in [0.5, 0.6) is 0 Å². The van der Waals surface area contributed by atoms with Gasteiger partial charge in [-0.2, -0.15) is 0 Å². The van der Waals surface area contributed by atoms with Crippen molar-refractivity contribution < 1.29 is 18.9 Å². The monoisotopic (exact) mass is 354 g/mol. The predicted molar refractivity (Wildman–Crippen MR) is 102 cm³/mol. The number of methoxy groups -OCH3 is 1. The van der Waals surface area contributed by atoms with E-state index < -0.39 is 0 Å². The minimum atomic E-state index is -0.319. The Labute approximate surface area is 154 Å². The van der Waals surface area contributed by atoms with E-state index in [0.717, 1.165) is 17.9 Å². The van der Waals surface area contributed by atoms with Gasteiger partial charge in [-0.25, -0.2) is 0 Å². The second kappa shape index (κ2) is 9.63. The zero-order chi connectivity index (χ0) is 19.2. The van der Waals surface area contributed by atoms with Crippen molar-refractivity contribution in [1.29, 1.82) is 0 Å². The zero-order valence-corrected chi connectivity index (χ0v) is 17.6. The molecule has 0 aromatic carbocycles. The van der Waals surface area contributed by atoms with E-state index in [-0.39, 0.29) is 18.0 Å². The average molecular weight is 355 g/mol. The molecular formula is C21H38O4. The summed E-state index contributed by atoms with van der Waals surface area (Å²) in [6.45, 7) is 17.9. The fourth-order valence-corrected chi connectivity index (χ4v) is 3.95. The Bertz CT molecular complexity index is 459. The standard InChI is InChI=1S/C21H38O4/c1-10-23-16(5)25-19-13-17(20(14(2)3)21(6,7)8)11-12-18(19)24-15(4)22-9/h12-17,20H,10-11H2,1-9H3. The summed E-state index contributed by atoms with van der Waals surface area (Å²) < 4.78 is 22.7. The number of hydrogen-bond acceptors (Lipinski definition) is 4. The molecular weight excluding hydrogens is 316 g/mol. The molecule has 0 radical (unpaired) electrons. The molecule has 1 aliphatic rings. The summed E-state index contributed by atoms with van der Waals surface area (Å²) in [6.07, 6.45) is 4.67. The quantitative estimate of drug-likeness (QED) is 0.512. The second-order valence-electron chi connectivity index (χ2n) is 8.20. The van der Waals surface area contributed by atoms with Crippen LogP contribution in [-0.2, 0) is 18.9 Å². The summed E-state index contributed by atoms with van der Waals surface area (Å²) in [7, 11) is 1.64. The molecule has 146 valence electrons. The minimum Gasteiger partial charge on any atom is -0.462 e. The van der Waals surface area contributed by atoms with Gasteiger partial charge < -0.3 is 18.9 Å². The van der Waals surface area contributed by atoms with Crippen molar-refractivity contribution in [2.75, 3.05) is 13.7 Å². The van der Waals surface area contributed by atoms with Gasteiger partial charge in [0.05, 0.1) is 0 Å². The van der Waals surface area contributed by atoms with Crippen molar-refractivity contribution in [3.8, 4) is 0 Å². The van der Waals surface area contributed by atoms with E-state index in [9.17, 15) is 0 Å². The van der Waals surface area contributed by atoms with Crippen LogP contribution in [0.25, 0.3) is 0 Å². The third-order valence-electron chi connectivity index (χ3n) is 4.68. The molecule has 0 aliphatic heterocycles. The lowest BCUT2D eigenvalue weighted by molar-refractivity contribution is -0.118. The normalized spacial score (nSPS) is 22.1. The highest BCUT2D eigenvalue weighted by atomic mass is 16.7. The molecule has 1 aliphatic carbocycles. The lowest BCUT2D eigenvalue weighted by Crippen LogP contribution is -2.33. The first-order valence-electron chi connectivity index (χ1n) is 9.50. The van der Waals surface area contributed by atoms with E-state index in [2.05, 4.69) is 46.8 Å². The maximum absolute atomic E-state index is 6.05. The summed E-state index contributed by atoms with van der Waals surface area (Å²) in [4.78, 5) is 0. The highest BCUT2D eigenvalue weighted by molar-refractivity contribution is 5.26. The van der Waals surface area contributed by atoms with E-state index >= 15 is 0 Å². The van der Waals surface area contributed by atoms with Crippen LogP contribution in [0.2, 0.25) is 0 Å². The van der Waals surface area contributed by atoms with Crippen molar-refractivity contribution in [3.63, 3.8) is 0 Å². The number of rotatable bonds is 9. The van der Waals surface area contributed by atoms with Gasteiger partial charge in [0, 0.05) is 13.7 Å². The Morgan fingerprint density at radius 2 is 1.64 bits per heavy atom. The zero-order valence-electron chi connectivity index (χ0n) is 17.6. The van der Waals surface area contributed by atoms with Gasteiger partial charge in [-0.15, -0.1) is 0 Å². The average Bonchev–Trinajstić information content (AvgIpc) is 2.48. The predicted octanol–water partition coefficient (Wildman–Crippen LogP) is 5.50. The van der Waals surface area contributed by atoms with Crippen molar-refractivity contribution in [3.05, 3.63) is 23.7 Å². The number of allylic oxidation sites excluding steroid dienone is 2. The van der Waals surface area contributed by atoms with Crippen LogP contribution in [0.15, 0.2) is 23.7 Å². The van der Waals surface area contributed by atoms with Crippen molar-refractivity contribution in [2.45, 2.75) is 74.4 Å². The highest BCUT2D eigenvalue weighted by Crippen LogP contribution is 2.43. The van der Waals surface area contributed by atoms with Gasteiger partial charge in [0.1, 0.15) is 0 Å². The highest BCUT2D eigenvalue weighted by Gasteiger charge is 2.35. The van der Waals surface area contributed by atoms with Crippen molar-refractivity contribution in [2.24, 2.45) is 23.2 Å². The van der Waals surface area contributed by atoms with Crippen LogP contribution in [0.4, 0.5) is 0 Å². The third-order valence-corrected chi connectivity index (χ3v) is 4.68. The van der Waals surface area contributed by atoms with Crippen molar-refractivity contribution >= 4 is 0 Å². The summed E-state index contributed by atoms with van der Waals surface area (Å²) in [5.74, 6) is 3.05. The Hall–Kier alpha value is -1.00. The van der Waals surface area contributed by atoms with Crippen LogP contribution in [0.3, 0.4) is 0 Å². The molecule has 0 bridgehead atoms. The molecule has 0 saturated carbocycles. The first-order chi connectivity index (χ1) is 11.6. The molecule has 0 aromatic rings. The van der Waals surface area contributed by atoms with Crippen LogP contribution in [-0.4, -0.2) is 26.3 Å². The Morgan fingerprint density at radius 3 is 2.12 bits per heavy atom. The molecule has 4 atom stereocenters. The topological polar surface area (TPSA) is 36.9 Å². The SMILES string of the molecule is CCOC(C)OC1=CC(C(C(C)C)C(C)(C)C)CC=C1OC(C)OC. The molecule has 0 spiro atoms. The molecule has 0 aromatic heterocycles. The first-order valence-corrected chi connectivity index (χ1v) is 9.50. The lowest BCUT2D eigenvalue weighted by Gasteiger charge is -2.40. The van der Waals surface area contributed by atoms with Crippen LogP contribution >= 0.6 is 0 Å². The number of ether oxygens (including phenoxy) is 4. The van der Waals surface area contributed by atoms with Gasteiger partial charge in [-0.3, -0.25) is 0 Å². The lowest BCUT2D eigenvalue weighted by atomic mass is 9.66. The van der Waals surface area contributed by atoms with E-state index in [1.54, 1.807) is 7.11 Å². The maximum Gasteiger partial charge on any atom is 0.197 e. The van der Waals surface area contributed by atoms with E-state index in [0.29, 0.717) is 24.4 Å². The summed E-state index contributed by atoms with van der Waals surface area (Å²) in [5.41, 5.74) is 0.220. The van der Waals surface area contributed by atoms with Gasteiger partial charge >= 0.3 is 0 Å². The maximum atomic E-state index is 6.05. The molecule has 0 heterocycles. The number of hydrogen-bond donors (Lipinski definition) is 0. The van der Waals surface area contributed by atoms with Crippen LogP contribution < -0.4 is 0 Å². The van der Waals surface area contributed by atoms with E-state index in [4.69, 9.17) is 18.9 Å². The largest absolute Gasteiger partial charge is 0.462 e. The van der Waals surface area contributed by atoms with Crippen LogP contribution in [0.1, 0.15) is 61.8 Å². The summed E-state index contributed by atoms with van der Waals surface area (Å²) >= 11 is 0. The van der Waals surface area contributed by atoms with E-state index in [1.165, 1.54) is 0 Å². The van der Waals surface area contributed by atoms with Gasteiger partial charge in [-0.1, -0.05) is 34.6 Å². The van der Waals surface area contributed by atoms with E-state index in [1.807, 2.05) is 20.8 Å². The smallest absolute Gasteiger partial charge is 0.197 e. The Balaban J connectivity index is 3.07. The van der Waals surface area contributed by atoms with Gasteiger partial charge in [-0.05, 0) is 62.5 Å². The van der Waals surface area contributed by atoms with Gasteiger partial charge in [0.25, 0.3) is 0 Å². The molecule has 4 nitrogen and oxygen atoms in total. The molecule has 0 amide bonds. The molecule has 25 heavy (non-hydrogen) atoms. The van der Waals surface area contributed by atoms with Gasteiger partial charge in [0.15, 0.2) is 24.1 Å². The molecule has 4 unspecified atom stereocenters. The van der Waals surface area contributed by atoms with Crippen molar-refractivity contribution in [1.82, 2.24) is 0 Å². The van der Waals surface area contributed by atoms with Gasteiger partial charge in [0.2, 0.25) is 0 Å². The minimum absolute atomic E-state index is 0.220. The van der Waals surface area contributed by atoms with Crippen LogP contribution in [0, 0.1) is 23.2 Å². The second-order valence-corrected chi connectivity index (χ2v) is 8.20. The Kier molecular flexibility index (Phi) is 8.49. The fraction of sp³-hybridized carbons (Fsp3) is 0.810. The third kappa shape index (κ3) is 6.67.